The smallest absolute Gasteiger partial charge is 0.343 e. The second-order valence-electron chi connectivity index (χ2n) is 12.6. The number of hydrogen-bond acceptors (Lipinski definition) is 8. The molecule has 2 aliphatic heterocycles. The van der Waals surface area contributed by atoms with E-state index in [1.807, 2.05) is 24.3 Å². The van der Waals surface area contributed by atoms with Gasteiger partial charge in [0.1, 0.15) is 12.6 Å². The number of aliphatic hydroxyl groups is 1. The Hall–Kier alpha value is -4.36. The number of esters is 1. The molecule has 5 rings (SSSR count). The monoisotopic (exact) mass is 635 g/mol. The Bertz CT molecular complexity index is 1780. The summed E-state index contributed by atoms with van der Waals surface area (Å²) in [7, 11) is -2.01. The van der Waals surface area contributed by atoms with E-state index in [4.69, 9.17) is 14.8 Å². The van der Waals surface area contributed by atoms with Crippen LogP contribution >= 0.6 is 0 Å². The molecule has 0 saturated carbocycles. The fourth-order valence-electron chi connectivity index (χ4n) is 6.23. The number of fused-ring (bicyclic) bond motifs is 5. The summed E-state index contributed by atoms with van der Waals surface area (Å²) in [5.41, 5.74) is 2.21. The Kier molecular flexibility index (Phi) is 8.69. The van der Waals surface area contributed by atoms with Crippen LogP contribution in [0.3, 0.4) is 0 Å². The lowest BCUT2D eigenvalue weighted by Crippen LogP contribution is -2.44. The van der Waals surface area contributed by atoms with Crippen molar-refractivity contribution in [3.8, 4) is 11.4 Å². The van der Waals surface area contributed by atoms with Crippen LogP contribution in [-0.4, -0.2) is 62.8 Å². The molecule has 0 bridgehead atoms. The molecule has 13 heteroatoms. The van der Waals surface area contributed by atoms with Crippen molar-refractivity contribution in [2.45, 2.75) is 89.0 Å². The third-order valence-corrected chi connectivity index (χ3v) is 12.3. The highest BCUT2D eigenvalue weighted by Crippen LogP contribution is 2.41. The van der Waals surface area contributed by atoms with Gasteiger partial charge in [-0.3, -0.25) is 14.4 Å². The van der Waals surface area contributed by atoms with Crippen LogP contribution in [-0.2, 0) is 49.1 Å². The predicted molar refractivity (Wildman–Crippen MR) is 166 cm³/mol. The molecule has 0 spiro atoms. The van der Waals surface area contributed by atoms with Crippen LogP contribution in [0, 0.1) is 0 Å². The summed E-state index contributed by atoms with van der Waals surface area (Å²) in [6.07, 6.45) is 0.324. The Morgan fingerprint density at radius 2 is 1.84 bits per heavy atom. The zero-order chi connectivity index (χ0) is 32.7. The SMILES string of the molecule is CCC1(O)C(=O)OCc2c1cc1n(c2=O)Cc2c-1nc1ccccc1c2CC[Si](C)(C)CCC(=O)NC(CCC(=O)O)C(=O)O. The molecule has 2 aliphatic rings. The lowest BCUT2D eigenvalue weighted by atomic mass is 9.86. The van der Waals surface area contributed by atoms with Gasteiger partial charge in [0.25, 0.3) is 5.56 Å². The fourth-order valence-corrected chi connectivity index (χ4v) is 8.31. The highest BCUT2D eigenvalue weighted by molar-refractivity contribution is 6.77. The summed E-state index contributed by atoms with van der Waals surface area (Å²) < 4.78 is 6.82. The molecule has 2 aromatic heterocycles. The Balaban J connectivity index is 1.40. The van der Waals surface area contributed by atoms with Crippen molar-refractivity contribution in [1.82, 2.24) is 14.9 Å². The van der Waals surface area contributed by atoms with Gasteiger partial charge in [-0.05, 0) is 43.0 Å². The third kappa shape index (κ3) is 6.14. The number of rotatable bonds is 12. The number of ether oxygens (including phenoxy) is 1. The molecule has 3 aromatic rings. The first-order chi connectivity index (χ1) is 21.3. The van der Waals surface area contributed by atoms with E-state index in [9.17, 15) is 34.2 Å². The Labute approximate surface area is 260 Å². The van der Waals surface area contributed by atoms with E-state index in [-0.39, 0.29) is 49.0 Å². The zero-order valence-corrected chi connectivity index (χ0v) is 26.5. The topological polar surface area (TPSA) is 185 Å². The lowest BCUT2D eigenvalue weighted by molar-refractivity contribution is -0.172. The van der Waals surface area contributed by atoms with Gasteiger partial charge >= 0.3 is 17.9 Å². The largest absolute Gasteiger partial charge is 0.481 e. The number of carboxylic acid groups (broad SMARTS) is 2. The second-order valence-corrected chi connectivity index (χ2v) is 17.9. The number of benzene rings is 1. The minimum absolute atomic E-state index is 0.0576. The van der Waals surface area contributed by atoms with E-state index in [1.54, 1.807) is 17.6 Å². The minimum Gasteiger partial charge on any atom is -0.481 e. The van der Waals surface area contributed by atoms with Gasteiger partial charge in [-0.25, -0.2) is 14.6 Å². The first-order valence-electron chi connectivity index (χ1n) is 15.1. The molecule has 238 valence electrons. The molecule has 4 heterocycles. The van der Waals surface area contributed by atoms with E-state index in [2.05, 4.69) is 18.4 Å². The quantitative estimate of drug-likeness (QED) is 0.133. The maximum Gasteiger partial charge on any atom is 0.343 e. The molecule has 1 amide bonds. The number of carboxylic acids is 2. The average Bonchev–Trinajstić information content (AvgIpc) is 3.37. The number of nitrogens with one attached hydrogen (secondary N) is 1. The normalized spacial score (nSPS) is 17.6. The number of pyridine rings is 2. The minimum atomic E-state index is -2.01. The number of amides is 1. The maximum atomic E-state index is 13.7. The number of para-hydroxylation sites is 1. The van der Waals surface area contributed by atoms with Gasteiger partial charge in [0.05, 0.1) is 29.0 Å². The van der Waals surface area contributed by atoms with Crippen LogP contribution in [0.4, 0.5) is 0 Å². The average molecular weight is 636 g/mol. The van der Waals surface area contributed by atoms with E-state index >= 15 is 0 Å². The molecule has 0 fully saturated rings. The number of nitrogens with zero attached hydrogens (tertiary/aromatic N) is 2. The van der Waals surface area contributed by atoms with Gasteiger partial charge in [0.15, 0.2) is 5.60 Å². The summed E-state index contributed by atoms with van der Waals surface area (Å²) in [6, 6.07) is 9.61. The summed E-state index contributed by atoms with van der Waals surface area (Å²) in [4.78, 5) is 66.1. The molecule has 0 radical (unpaired) electrons. The Morgan fingerprint density at radius 3 is 2.53 bits per heavy atom. The summed E-state index contributed by atoms with van der Waals surface area (Å²) in [5, 5.41) is 32.9. The van der Waals surface area contributed by atoms with Gasteiger partial charge in [0, 0.05) is 37.4 Å². The number of carbonyl (C=O) groups is 4. The molecular formula is C32H37N3O9Si. The molecule has 2 atom stereocenters. The lowest BCUT2D eigenvalue weighted by Gasteiger charge is -2.31. The van der Waals surface area contributed by atoms with Crippen molar-refractivity contribution in [1.29, 1.82) is 0 Å². The van der Waals surface area contributed by atoms with Crippen LogP contribution in [0.5, 0.6) is 0 Å². The first-order valence-corrected chi connectivity index (χ1v) is 18.5. The van der Waals surface area contributed by atoms with Crippen LogP contribution in [0.2, 0.25) is 25.2 Å². The van der Waals surface area contributed by atoms with Crippen LogP contribution in [0.25, 0.3) is 22.3 Å². The van der Waals surface area contributed by atoms with Gasteiger partial charge < -0.3 is 29.9 Å². The van der Waals surface area contributed by atoms with E-state index < -0.39 is 43.5 Å². The van der Waals surface area contributed by atoms with Crippen molar-refractivity contribution >= 4 is 42.8 Å². The van der Waals surface area contributed by atoms with Crippen LogP contribution < -0.4 is 10.9 Å². The van der Waals surface area contributed by atoms with Gasteiger partial charge in [0.2, 0.25) is 5.91 Å². The first kappa shape index (κ1) is 32.0. The van der Waals surface area contributed by atoms with E-state index in [1.165, 1.54) is 0 Å². The molecule has 1 aromatic carbocycles. The van der Waals surface area contributed by atoms with Crippen molar-refractivity contribution in [2.75, 3.05) is 0 Å². The number of aryl methyl sites for hydroxylation is 1. The number of cyclic esters (lactones) is 1. The summed E-state index contributed by atoms with van der Waals surface area (Å²) in [6.45, 7) is 6.09. The van der Waals surface area contributed by atoms with Crippen LogP contribution in [0.1, 0.15) is 54.9 Å². The van der Waals surface area contributed by atoms with Gasteiger partial charge in [-0.15, -0.1) is 0 Å². The number of hydrogen-bond donors (Lipinski definition) is 4. The third-order valence-electron chi connectivity index (χ3n) is 9.07. The van der Waals surface area contributed by atoms with E-state index in [0.29, 0.717) is 30.4 Å². The number of carbonyl (C=O) groups excluding carboxylic acids is 2. The molecule has 12 nitrogen and oxygen atoms in total. The molecule has 2 unspecified atom stereocenters. The summed E-state index contributed by atoms with van der Waals surface area (Å²) in [5.74, 6) is -3.58. The Morgan fingerprint density at radius 1 is 1.11 bits per heavy atom. The number of aliphatic carboxylic acids is 2. The van der Waals surface area contributed by atoms with Crippen molar-refractivity contribution < 1.29 is 39.2 Å². The molecule has 4 N–H and O–H groups in total. The predicted octanol–water partition coefficient (Wildman–Crippen LogP) is 3.15. The van der Waals surface area contributed by atoms with Crippen molar-refractivity contribution in [3.05, 3.63) is 62.9 Å². The van der Waals surface area contributed by atoms with Gasteiger partial charge in [-0.1, -0.05) is 44.3 Å². The number of aromatic nitrogens is 2. The standard InChI is InChI=1S/C32H37N3O9Si/c1-4-32(43)22-15-25-28-20(16-35(25)29(39)21(22)17-44-31(32)42)18(19-7-5-6-8-23(19)34-28)11-13-45(2,3)14-12-26(36)33-24(30(40)41)9-10-27(37)38/h5-8,15,24,43H,4,9-14,16-17H2,1-3H3,(H,33,36)(H,37,38)(H,40,41). The highest BCUT2D eigenvalue weighted by atomic mass is 28.3. The highest BCUT2D eigenvalue weighted by Gasteiger charge is 2.45. The molecule has 0 aliphatic carbocycles. The summed E-state index contributed by atoms with van der Waals surface area (Å²) >= 11 is 0. The fraction of sp³-hybridized carbons (Fsp3) is 0.438. The van der Waals surface area contributed by atoms with Crippen molar-refractivity contribution in [3.63, 3.8) is 0 Å². The van der Waals surface area contributed by atoms with Crippen LogP contribution in [0.15, 0.2) is 35.1 Å². The molecule has 0 saturated heterocycles. The maximum absolute atomic E-state index is 13.7. The van der Waals surface area contributed by atoms with Gasteiger partial charge in [-0.2, -0.15) is 0 Å². The van der Waals surface area contributed by atoms with E-state index in [0.717, 1.165) is 28.1 Å². The zero-order valence-electron chi connectivity index (χ0n) is 25.5. The van der Waals surface area contributed by atoms with Crippen molar-refractivity contribution in [2.24, 2.45) is 0 Å². The second kappa shape index (κ2) is 12.2. The molecule has 45 heavy (non-hydrogen) atoms. The molecular weight excluding hydrogens is 598 g/mol.